The van der Waals surface area contributed by atoms with E-state index in [1.165, 1.54) is 0 Å². The molecule has 0 aromatic heterocycles. The molecule has 12 heavy (non-hydrogen) atoms. The number of benzene rings is 1. The molecule has 0 atom stereocenters. The van der Waals surface area contributed by atoms with Gasteiger partial charge in [-0.15, -0.1) is 0 Å². The molecule has 0 heterocycles. The second-order valence-electron chi connectivity index (χ2n) is 1.52. The molecule has 0 amide bonds. The van der Waals surface area contributed by atoms with E-state index in [0.29, 0.717) is 5.56 Å². The Bertz CT molecular complexity index is 223. The fourth-order valence-corrected chi connectivity index (χ4v) is 0.513. The number of hydrogen-bond acceptors (Lipinski definition) is 2. The molecular formula is C7H8Cl2N2Pt. The Morgan fingerprint density at radius 2 is 1.58 bits per heavy atom. The first-order valence-corrected chi connectivity index (χ1v) is 8.25. The molecule has 0 radical (unpaired) electrons. The molecule has 0 aliphatic heterocycles. The number of nitriles is 1. The average Bonchev–Trinajstić information content (AvgIpc) is 2.08. The van der Waals surface area contributed by atoms with Crippen molar-refractivity contribution < 1.29 is 16.5 Å². The molecule has 1 aromatic carbocycles. The zero-order valence-corrected chi connectivity index (χ0v) is 9.90. The van der Waals surface area contributed by atoms with Gasteiger partial charge in [-0.2, -0.15) is 5.26 Å². The molecule has 0 aliphatic rings. The van der Waals surface area contributed by atoms with Gasteiger partial charge in [0.25, 0.3) is 0 Å². The van der Waals surface area contributed by atoms with Gasteiger partial charge in [0.05, 0.1) is 11.6 Å². The van der Waals surface area contributed by atoms with Crippen LogP contribution in [0.25, 0.3) is 0 Å². The van der Waals surface area contributed by atoms with Crippen molar-refractivity contribution in [2.45, 2.75) is 0 Å². The molecular weight excluding hydrogens is 378 g/mol. The molecule has 3 N–H and O–H groups in total. The van der Waals surface area contributed by atoms with E-state index in [0.717, 1.165) is 0 Å². The zero-order chi connectivity index (χ0) is 8.53. The maximum absolute atomic E-state index is 8.29. The van der Waals surface area contributed by atoms with Crippen molar-refractivity contribution in [2.24, 2.45) is 0 Å². The molecule has 0 bridgehead atoms. The van der Waals surface area contributed by atoms with Crippen LogP contribution in [0.4, 0.5) is 0 Å². The summed E-state index contributed by atoms with van der Waals surface area (Å²) in [5.74, 6) is 0. The second kappa shape index (κ2) is 10.9. The van der Waals surface area contributed by atoms with E-state index in [-0.39, 0.29) is 6.15 Å². The normalized spacial score (nSPS) is 7.08. The summed E-state index contributed by atoms with van der Waals surface area (Å²) in [6.07, 6.45) is 0. The van der Waals surface area contributed by atoms with Gasteiger partial charge in [0.2, 0.25) is 0 Å². The number of nitrogens with zero attached hydrogens (tertiary/aromatic N) is 1. The number of halogens is 2. The standard InChI is InChI=1S/C7H5N.2ClH.H3N.Pt/c8-6-7-4-2-1-3-5-7;;;;/h1-5H;2*1H;1H3;/q;;;;+2/p-2. The van der Waals surface area contributed by atoms with Gasteiger partial charge in [-0.05, 0) is 12.1 Å². The van der Waals surface area contributed by atoms with E-state index in [1.807, 2.05) is 24.3 Å². The first kappa shape index (κ1) is 14.5. The van der Waals surface area contributed by atoms with Crippen LogP contribution in [0.15, 0.2) is 30.3 Å². The molecule has 70 valence electrons. The van der Waals surface area contributed by atoms with Gasteiger partial charge in [0.1, 0.15) is 0 Å². The summed E-state index contributed by atoms with van der Waals surface area (Å²) < 4.78 is 0. The van der Waals surface area contributed by atoms with Crippen molar-refractivity contribution in [3.8, 4) is 6.07 Å². The Morgan fingerprint density at radius 3 is 1.83 bits per heavy atom. The molecule has 5 heteroatoms. The molecule has 0 unspecified atom stereocenters. The van der Waals surface area contributed by atoms with Gasteiger partial charge in [0.15, 0.2) is 0 Å². The van der Waals surface area contributed by atoms with Crippen LogP contribution in [0.5, 0.6) is 0 Å². The van der Waals surface area contributed by atoms with Crippen LogP contribution in [0, 0.1) is 11.3 Å². The van der Waals surface area contributed by atoms with Gasteiger partial charge >= 0.3 is 35.3 Å². The third-order valence-corrected chi connectivity index (χ3v) is 0.903. The molecule has 2 nitrogen and oxygen atoms in total. The van der Waals surface area contributed by atoms with Gasteiger partial charge in [-0.25, -0.2) is 0 Å². The molecule has 1 aromatic rings. The van der Waals surface area contributed by atoms with E-state index >= 15 is 0 Å². The summed E-state index contributed by atoms with van der Waals surface area (Å²) in [5.41, 5.74) is 0.715. The van der Waals surface area contributed by atoms with Gasteiger partial charge in [-0.3, -0.25) is 0 Å². The van der Waals surface area contributed by atoms with E-state index in [9.17, 15) is 0 Å². The van der Waals surface area contributed by atoms with Crippen LogP contribution < -0.4 is 6.15 Å². The van der Waals surface area contributed by atoms with Gasteiger partial charge in [0, 0.05) is 0 Å². The third kappa shape index (κ3) is 8.04. The van der Waals surface area contributed by atoms with Crippen LogP contribution in [0.2, 0.25) is 0 Å². The van der Waals surface area contributed by atoms with Crippen LogP contribution >= 0.6 is 18.8 Å². The molecule has 1 rings (SSSR count). The monoisotopic (exact) mass is 385 g/mol. The summed E-state index contributed by atoms with van der Waals surface area (Å²) in [6.45, 7) is 0. The predicted octanol–water partition coefficient (Wildman–Crippen LogP) is 3.10. The Labute approximate surface area is 88.5 Å². The minimum atomic E-state index is -0.472. The first-order valence-electron chi connectivity index (χ1n) is 2.62. The predicted molar refractivity (Wildman–Crippen MR) is 47.9 cm³/mol. The fourth-order valence-electron chi connectivity index (χ4n) is 0.513. The maximum atomic E-state index is 8.29. The van der Waals surface area contributed by atoms with Crippen molar-refractivity contribution in [3.05, 3.63) is 35.9 Å². The van der Waals surface area contributed by atoms with Crippen molar-refractivity contribution >= 4 is 18.8 Å². The Kier molecular flexibility index (Phi) is 13.2. The van der Waals surface area contributed by atoms with Crippen LogP contribution in [0.1, 0.15) is 5.56 Å². The topological polar surface area (TPSA) is 58.8 Å². The van der Waals surface area contributed by atoms with E-state index in [2.05, 4.69) is 0 Å². The van der Waals surface area contributed by atoms with Gasteiger partial charge < -0.3 is 6.15 Å². The van der Waals surface area contributed by atoms with Gasteiger partial charge in [-0.1, -0.05) is 18.2 Å². The zero-order valence-electron chi connectivity index (χ0n) is 6.11. The Hall–Kier alpha value is -0.0617. The van der Waals surface area contributed by atoms with Crippen molar-refractivity contribution in [2.75, 3.05) is 0 Å². The van der Waals surface area contributed by atoms with Crippen molar-refractivity contribution in [3.63, 3.8) is 0 Å². The first-order chi connectivity index (χ1) is 5.35. The quantitative estimate of drug-likeness (QED) is 0.745. The summed E-state index contributed by atoms with van der Waals surface area (Å²) in [5, 5.41) is 8.29. The Balaban J connectivity index is 0. The molecule has 0 saturated heterocycles. The second-order valence-corrected chi connectivity index (χ2v) is 4.81. The van der Waals surface area contributed by atoms with E-state index < -0.39 is 16.5 Å². The molecule has 0 fully saturated rings. The van der Waals surface area contributed by atoms with E-state index in [4.69, 9.17) is 24.1 Å². The average molecular weight is 386 g/mol. The number of rotatable bonds is 0. The van der Waals surface area contributed by atoms with Crippen LogP contribution in [-0.4, -0.2) is 0 Å². The third-order valence-electron chi connectivity index (χ3n) is 0.903. The van der Waals surface area contributed by atoms with Crippen LogP contribution in [0.3, 0.4) is 0 Å². The molecule has 0 aliphatic carbocycles. The van der Waals surface area contributed by atoms with Crippen molar-refractivity contribution in [1.82, 2.24) is 6.15 Å². The minimum absolute atomic E-state index is 0. The number of hydrogen-bond donors (Lipinski definition) is 1. The Morgan fingerprint density at radius 1 is 1.17 bits per heavy atom. The summed E-state index contributed by atoms with van der Waals surface area (Å²) in [6, 6.07) is 11.2. The SMILES string of the molecule is N.N#Cc1ccccc1.[Cl][Pt][Cl]. The molecule has 0 saturated carbocycles. The summed E-state index contributed by atoms with van der Waals surface area (Å²) >= 11 is -0.472. The fraction of sp³-hybridized carbons (Fsp3) is 0. The summed E-state index contributed by atoms with van der Waals surface area (Å²) in [7, 11) is 9.75. The van der Waals surface area contributed by atoms with Crippen LogP contribution in [-0.2, 0) is 16.5 Å². The van der Waals surface area contributed by atoms with E-state index in [1.54, 1.807) is 12.1 Å². The molecule has 0 spiro atoms. The summed E-state index contributed by atoms with van der Waals surface area (Å²) in [4.78, 5) is 0. The van der Waals surface area contributed by atoms with Crippen molar-refractivity contribution in [1.29, 1.82) is 5.26 Å².